The molecule has 1 amide bonds. The van der Waals surface area contributed by atoms with E-state index in [-0.39, 0.29) is 18.2 Å². The molecule has 0 spiro atoms. The average molecular weight is 340 g/mol. The number of nitrogens with one attached hydrogen (secondary N) is 1. The first-order valence-electron chi connectivity index (χ1n) is 7.31. The van der Waals surface area contributed by atoms with Crippen LogP contribution < -0.4 is 5.32 Å². The van der Waals surface area contributed by atoms with Crippen molar-refractivity contribution in [3.63, 3.8) is 0 Å². The third-order valence-corrected chi connectivity index (χ3v) is 3.72. The molecule has 0 saturated carbocycles. The highest BCUT2D eigenvalue weighted by Gasteiger charge is 2.35. The van der Waals surface area contributed by atoms with E-state index in [1.54, 1.807) is 11.8 Å². The van der Waals surface area contributed by atoms with Crippen LogP contribution in [-0.2, 0) is 11.0 Å². The molecule has 0 bridgehead atoms. The Balaban J connectivity index is 1.54. The fraction of sp³-hybridized carbons (Fsp3) is 0.400. The highest BCUT2D eigenvalue weighted by molar-refractivity contribution is 5.93. The van der Waals surface area contributed by atoms with Gasteiger partial charge < -0.3 is 9.84 Å². The second-order valence-electron chi connectivity index (χ2n) is 5.66. The lowest BCUT2D eigenvalue weighted by atomic mass is 10.0. The molecule has 1 fully saturated rings. The lowest BCUT2D eigenvalue weighted by Crippen LogP contribution is -2.48. The molecule has 24 heavy (non-hydrogen) atoms. The molecular weight excluding hydrogens is 325 g/mol. The third-order valence-electron chi connectivity index (χ3n) is 3.72. The van der Waals surface area contributed by atoms with E-state index in [2.05, 4.69) is 15.5 Å². The van der Waals surface area contributed by atoms with E-state index in [1.165, 1.54) is 18.2 Å². The van der Waals surface area contributed by atoms with Crippen molar-refractivity contribution in [3.05, 3.63) is 41.5 Å². The first-order valence-corrected chi connectivity index (χ1v) is 7.31. The van der Waals surface area contributed by atoms with Gasteiger partial charge in [0.25, 0.3) is 0 Å². The topological polar surface area (TPSA) is 71.3 Å². The van der Waals surface area contributed by atoms with Gasteiger partial charge in [-0.1, -0.05) is 17.3 Å². The number of likely N-dealkylation sites (tertiary alicyclic amines) is 1. The van der Waals surface area contributed by atoms with Crippen molar-refractivity contribution in [3.8, 4) is 0 Å². The van der Waals surface area contributed by atoms with E-state index in [0.717, 1.165) is 6.07 Å². The molecule has 2 aromatic rings. The molecule has 1 aliphatic heterocycles. The summed E-state index contributed by atoms with van der Waals surface area (Å²) in [5.74, 6) is 0.629. The van der Waals surface area contributed by atoms with Crippen LogP contribution in [0, 0.1) is 6.92 Å². The maximum atomic E-state index is 12.9. The van der Waals surface area contributed by atoms with Gasteiger partial charge in [0.05, 0.1) is 23.7 Å². The van der Waals surface area contributed by atoms with Gasteiger partial charge in [-0.15, -0.1) is 0 Å². The molecule has 6 nitrogen and oxygen atoms in total. The standard InChI is InChI=1S/C15H15F3N4O2/c1-9-19-14(24-21-9)10-6-22(7-10)8-13(23)20-12-5-3-2-4-11(12)15(16,17)18/h2-5,10H,6-8H2,1H3,(H,20,23). The van der Waals surface area contributed by atoms with Crippen molar-refractivity contribution in [1.29, 1.82) is 0 Å². The highest BCUT2D eigenvalue weighted by Crippen LogP contribution is 2.34. The predicted molar refractivity (Wildman–Crippen MR) is 78.3 cm³/mol. The van der Waals surface area contributed by atoms with Gasteiger partial charge in [-0.05, 0) is 19.1 Å². The highest BCUT2D eigenvalue weighted by atomic mass is 19.4. The van der Waals surface area contributed by atoms with Crippen LogP contribution in [0.4, 0.5) is 18.9 Å². The molecule has 1 aromatic carbocycles. The Kier molecular flexibility index (Phi) is 4.27. The Bertz CT molecular complexity index is 738. The number of amides is 1. The second-order valence-corrected chi connectivity index (χ2v) is 5.66. The Morgan fingerprint density at radius 1 is 1.38 bits per heavy atom. The fourth-order valence-corrected chi connectivity index (χ4v) is 2.57. The van der Waals surface area contributed by atoms with Crippen LogP contribution in [0.3, 0.4) is 0 Å². The molecule has 128 valence electrons. The number of hydrogen-bond acceptors (Lipinski definition) is 5. The molecule has 0 aliphatic carbocycles. The minimum Gasteiger partial charge on any atom is -0.339 e. The van der Waals surface area contributed by atoms with E-state index in [1.807, 2.05) is 0 Å². The predicted octanol–water partition coefficient (Wildman–Crippen LogP) is 2.43. The Hall–Kier alpha value is -2.42. The molecule has 9 heteroatoms. The molecular formula is C15H15F3N4O2. The number of benzene rings is 1. The maximum absolute atomic E-state index is 12.9. The summed E-state index contributed by atoms with van der Waals surface area (Å²) in [5.41, 5.74) is -1.10. The molecule has 1 aliphatic rings. The van der Waals surface area contributed by atoms with Gasteiger partial charge in [-0.3, -0.25) is 9.69 Å². The first kappa shape index (κ1) is 16.4. The van der Waals surface area contributed by atoms with Crippen molar-refractivity contribution in [2.24, 2.45) is 0 Å². The number of alkyl halides is 3. The van der Waals surface area contributed by atoms with Gasteiger partial charge in [0.15, 0.2) is 5.82 Å². The molecule has 1 saturated heterocycles. The number of rotatable bonds is 4. The zero-order chi connectivity index (χ0) is 17.3. The largest absolute Gasteiger partial charge is 0.418 e. The SMILES string of the molecule is Cc1noc(C2CN(CC(=O)Nc3ccccc3C(F)(F)F)C2)n1. The van der Waals surface area contributed by atoms with Gasteiger partial charge in [-0.2, -0.15) is 18.2 Å². The number of nitrogens with zero attached hydrogens (tertiary/aromatic N) is 3. The van der Waals surface area contributed by atoms with Gasteiger partial charge in [-0.25, -0.2) is 0 Å². The molecule has 0 atom stereocenters. The van der Waals surface area contributed by atoms with Crippen LogP contribution in [0.15, 0.2) is 28.8 Å². The summed E-state index contributed by atoms with van der Waals surface area (Å²) in [6.07, 6.45) is -4.51. The summed E-state index contributed by atoms with van der Waals surface area (Å²) < 4.78 is 43.7. The summed E-state index contributed by atoms with van der Waals surface area (Å²) in [4.78, 5) is 17.9. The van der Waals surface area contributed by atoms with E-state index < -0.39 is 17.6 Å². The van der Waals surface area contributed by atoms with Crippen molar-refractivity contribution in [1.82, 2.24) is 15.0 Å². The normalized spacial score (nSPS) is 16.0. The smallest absolute Gasteiger partial charge is 0.339 e. The summed E-state index contributed by atoms with van der Waals surface area (Å²) in [6, 6.07) is 4.90. The van der Waals surface area contributed by atoms with Crippen LogP contribution in [0.2, 0.25) is 0 Å². The number of anilines is 1. The molecule has 0 radical (unpaired) electrons. The molecule has 0 unspecified atom stereocenters. The van der Waals surface area contributed by atoms with Crippen molar-refractivity contribution >= 4 is 11.6 Å². The number of para-hydroxylation sites is 1. The minimum absolute atomic E-state index is 0.00973. The minimum atomic E-state index is -4.51. The summed E-state index contributed by atoms with van der Waals surface area (Å²) in [5, 5.41) is 6.03. The lowest BCUT2D eigenvalue weighted by Gasteiger charge is -2.36. The summed E-state index contributed by atoms with van der Waals surface area (Å²) in [7, 11) is 0. The third kappa shape index (κ3) is 3.56. The number of hydrogen-bond donors (Lipinski definition) is 1. The van der Waals surface area contributed by atoms with E-state index in [0.29, 0.717) is 24.8 Å². The second kappa shape index (κ2) is 6.23. The zero-order valence-corrected chi connectivity index (χ0v) is 12.8. The number of halogens is 3. The number of aromatic nitrogens is 2. The molecule has 1 N–H and O–H groups in total. The van der Waals surface area contributed by atoms with Gasteiger partial charge in [0.2, 0.25) is 11.8 Å². The van der Waals surface area contributed by atoms with Crippen LogP contribution in [0.5, 0.6) is 0 Å². The monoisotopic (exact) mass is 340 g/mol. The van der Waals surface area contributed by atoms with Crippen LogP contribution >= 0.6 is 0 Å². The maximum Gasteiger partial charge on any atom is 0.418 e. The summed E-state index contributed by atoms with van der Waals surface area (Å²) in [6.45, 7) is 2.83. The van der Waals surface area contributed by atoms with Crippen LogP contribution in [-0.4, -0.2) is 40.6 Å². The average Bonchev–Trinajstić information content (AvgIpc) is 2.88. The quantitative estimate of drug-likeness (QED) is 0.926. The van der Waals surface area contributed by atoms with E-state index in [9.17, 15) is 18.0 Å². The molecule has 3 rings (SSSR count). The number of carbonyl (C=O) groups excluding carboxylic acids is 1. The Morgan fingerprint density at radius 3 is 2.71 bits per heavy atom. The van der Waals surface area contributed by atoms with Crippen LogP contribution in [0.1, 0.15) is 23.2 Å². The summed E-state index contributed by atoms with van der Waals surface area (Å²) >= 11 is 0. The number of aryl methyl sites for hydroxylation is 1. The van der Waals surface area contributed by atoms with Crippen molar-refractivity contribution < 1.29 is 22.5 Å². The van der Waals surface area contributed by atoms with Gasteiger partial charge >= 0.3 is 6.18 Å². The van der Waals surface area contributed by atoms with E-state index >= 15 is 0 Å². The lowest BCUT2D eigenvalue weighted by molar-refractivity contribution is -0.137. The fourth-order valence-electron chi connectivity index (χ4n) is 2.57. The Labute approximate surface area is 135 Å². The first-order chi connectivity index (χ1) is 11.3. The molecule has 1 aromatic heterocycles. The van der Waals surface area contributed by atoms with E-state index in [4.69, 9.17) is 4.52 Å². The zero-order valence-electron chi connectivity index (χ0n) is 12.8. The number of carbonyl (C=O) groups is 1. The van der Waals surface area contributed by atoms with Gasteiger partial charge in [0, 0.05) is 13.1 Å². The van der Waals surface area contributed by atoms with Crippen LogP contribution in [0.25, 0.3) is 0 Å². The molecule has 2 heterocycles. The Morgan fingerprint density at radius 2 is 2.08 bits per heavy atom. The van der Waals surface area contributed by atoms with Crippen molar-refractivity contribution in [2.45, 2.75) is 19.0 Å². The van der Waals surface area contributed by atoms with Crippen molar-refractivity contribution in [2.75, 3.05) is 25.0 Å². The van der Waals surface area contributed by atoms with Gasteiger partial charge in [0.1, 0.15) is 0 Å².